The van der Waals surface area contributed by atoms with Gasteiger partial charge in [-0.3, -0.25) is 9.88 Å². The van der Waals surface area contributed by atoms with Crippen molar-refractivity contribution < 1.29 is 18.0 Å². The highest BCUT2D eigenvalue weighted by atomic mass is 19.4. The van der Waals surface area contributed by atoms with Crippen LogP contribution in [-0.4, -0.2) is 47.8 Å². The standard InChI is InChI=1S/C21H31F3N4O/c1-15(17-6-10-25-11-7-17)28-12-8-19(9-13-28)27-20(29)26-14-16-2-4-18(5-3-16)21(22,23)24/h6-7,10-11,15-16,18-19H,2-5,8-9,12-14H2,1H3,(H2,26,27,29). The molecule has 1 aliphatic heterocycles. The molecule has 1 saturated carbocycles. The highest BCUT2D eigenvalue weighted by molar-refractivity contribution is 5.74. The molecule has 0 aromatic carbocycles. The number of aromatic nitrogens is 1. The average Bonchev–Trinajstić information content (AvgIpc) is 2.72. The SMILES string of the molecule is CC(c1ccncc1)N1CCC(NC(=O)NCC2CCC(C(F)(F)F)CC2)CC1. The number of pyridine rings is 1. The minimum atomic E-state index is -4.08. The van der Waals surface area contributed by atoms with Crippen molar-refractivity contribution in [2.45, 2.75) is 63.7 Å². The number of carbonyl (C=O) groups excluding carboxylic acids is 1. The number of likely N-dealkylation sites (tertiary alicyclic amines) is 1. The summed E-state index contributed by atoms with van der Waals surface area (Å²) < 4.78 is 38.2. The smallest absolute Gasteiger partial charge is 0.338 e. The van der Waals surface area contributed by atoms with E-state index in [0.29, 0.717) is 25.4 Å². The zero-order valence-corrected chi connectivity index (χ0v) is 16.9. The van der Waals surface area contributed by atoms with Crippen molar-refractivity contribution in [3.05, 3.63) is 30.1 Å². The normalized spacial score (nSPS) is 25.4. The molecule has 1 atom stereocenters. The fraction of sp³-hybridized carbons (Fsp3) is 0.714. The van der Waals surface area contributed by atoms with E-state index in [2.05, 4.69) is 27.4 Å². The van der Waals surface area contributed by atoms with Crippen molar-refractivity contribution in [3.8, 4) is 0 Å². The first-order chi connectivity index (χ1) is 13.8. The molecule has 0 bridgehead atoms. The van der Waals surface area contributed by atoms with Gasteiger partial charge in [-0.15, -0.1) is 0 Å². The number of piperidine rings is 1. The molecule has 1 aromatic rings. The molecule has 1 unspecified atom stereocenters. The van der Waals surface area contributed by atoms with Crippen molar-refractivity contribution in [1.29, 1.82) is 0 Å². The molecule has 3 rings (SSSR count). The van der Waals surface area contributed by atoms with E-state index in [4.69, 9.17) is 0 Å². The van der Waals surface area contributed by atoms with Crippen LogP contribution < -0.4 is 10.6 Å². The third kappa shape index (κ3) is 6.32. The van der Waals surface area contributed by atoms with Crippen molar-refractivity contribution in [3.63, 3.8) is 0 Å². The summed E-state index contributed by atoms with van der Waals surface area (Å²) in [5.41, 5.74) is 1.24. The van der Waals surface area contributed by atoms with Gasteiger partial charge in [0.2, 0.25) is 0 Å². The third-order valence-corrected chi connectivity index (χ3v) is 6.46. The van der Waals surface area contributed by atoms with Gasteiger partial charge in [0, 0.05) is 44.1 Å². The molecular formula is C21H31F3N4O. The number of hydrogen-bond acceptors (Lipinski definition) is 3. The number of alkyl halides is 3. The molecule has 29 heavy (non-hydrogen) atoms. The number of nitrogens with one attached hydrogen (secondary N) is 2. The summed E-state index contributed by atoms with van der Waals surface area (Å²) in [5.74, 6) is -1.03. The predicted molar refractivity (Wildman–Crippen MR) is 105 cm³/mol. The molecule has 1 aliphatic carbocycles. The molecule has 0 spiro atoms. The summed E-state index contributed by atoms with van der Waals surface area (Å²) in [7, 11) is 0. The maximum atomic E-state index is 12.7. The first-order valence-corrected chi connectivity index (χ1v) is 10.6. The summed E-state index contributed by atoms with van der Waals surface area (Å²) in [4.78, 5) is 18.7. The Morgan fingerprint density at radius 1 is 1.14 bits per heavy atom. The lowest BCUT2D eigenvalue weighted by Gasteiger charge is -2.36. The summed E-state index contributed by atoms with van der Waals surface area (Å²) in [6.07, 6.45) is 2.70. The molecule has 2 heterocycles. The molecule has 0 radical (unpaired) electrons. The lowest BCUT2D eigenvalue weighted by Crippen LogP contribution is -2.49. The molecule has 2 fully saturated rings. The van der Waals surface area contributed by atoms with Gasteiger partial charge in [-0.2, -0.15) is 13.2 Å². The lowest BCUT2D eigenvalue weighted by molar-refractivity contribution is -0.183. The van der Waals surface area contributed by atoms with Gasteiger partial charge in [0.05, 0.1) is 5.92 Å². The van der Waals surface area contributed by atoms with Gasteiger partial charge in [-0.25, -0.2) is 4.79 Å². The Balaban J connectivity index is 1.33. The van der Waals surface area contributed by atoms with Crippen LogP contribution in [0.5, 0.6) is 0 Å². The number of hydrogen-bond donors (Lipinski definition) is 2. The van der Waals surface area contributed by atoms with Crippen LogP contribution in [0, 0.1) is 11.8 Å². The van der Waals surface area contributed by atoms with Crippen molar-refractivity contribution in [1.82, 2.24) is 20.5 Å². The topological polar surface area (TPSA) is 57.3 Å². The quantitative estimate of drug-likeness (QED) is 0.759. The van der Waals surface area contributed by atoms with Crippen molar-refractivity contribution in [2.75, 3.05) is 19.6 Å². The molecule has 8 heteroatoms. The van der Waals surface area contributed by atoms with Crippen molar-refractivity contribution in [2.24, 2.45) is 11.8 Å². The summed E-state index contributed by atoms with van der Waals surface area (Å²) >= 11 is 0. The number of urea groups is 1. The van der Waals surface area contributed by atoms with Crippen LogP contribution in [-0.2, 0) is 0 Å². The van der Waals surface area contributed by atoms with Gasteiger partial charge in [-0.05, 0) is 69.1 Å². The Bertz CT molecular complexity index is 639. The number of nitrogens with zero attached hydrogens (tertiary/aromatic N) is 2. The molecule has 5 nitrogen and oxygen atoms in total. The molecule has 2 aliphatic rings. The van der Waals surface area contributed by atoms with Crippen LogP contribution in [0.3, 0.4) is 0 Å². The number of amides is 2. The summed E-state index contributed by atoms with van der Waals surface area (Å²) in [6.45, 7) is 4.46. The second kappa shape index (κ2) is 9.78. The highest BCUT2D eigenvalue weighted by Crippen LogP contribution is 2.39. The fourth-order valence-corrected chi connectivity index (χ4v) is 4.45. The van der Waals surface area contributed by atoms with Crippen LogP contribution in [0.4, 0.5) is 18.0 Å². The van der Waals surface area contributed by atoms with Crippen LogP contribution in [0.15, 0.2) is 24.5 Å². The van der Waals surface area contributed by atoms with E-state index in [0.717, 1.165) is 25.9 Å². The fourth-order valence-electron chi connectivity index (χ4n) is 4.45. The second-order valence-electron chi connectivity index (χ2n) is 8.38. The van der Waals surface area contributed by atoms with Gasteiger partial charge < -0.3 is 10.6 Å². The van der Waals surface area contributed by atoms with Gasteiger partial charge in [0.25, 0.3) is 0 Å². The van der Waals surface area contributed by atoms with Gasteiger partial charge in [0.1, 0.15) is 0 Å². The lowest BCUT2D eigenvalue weighted by atomic mass is 9.81. The highest BCUT2D eigenvalue weighted by Gasteiger charge is 2.41. The number of rotatable bonds is 5. The van der Waals surface area contributed by atoms with Crippen LogP contribution >= 0.6 is 0 Å². The van der Waals surface area contributed by atoms with E-state index in [1.54, 1.807) is 12.4 Å². The Morgan fingerprint density at radius 3 is 2.34 bits per heavy atom. The van der Waals surface area contributed by atoms with E-state index < -0.39 is 12.1 Å². The van der Waals surface area contributed by atoms with Gasteiger partial charge in [-0.1, -0.05) is 0 Å². The molecule has 2 amide bonds. The summed E-state index contributed by atoms with van der Waals surface area (Å²) in [5, 5.41) is 5.89. The number of halogens is 3. The first kappa shape index (κ1) is 21.9. The zero-order valence-electron chi connectivity index (χ0n) is 16.9. The monoisotopic (exact) mass is 412 g/mol. The minimum absolute atomic E-state index is 0.136. The van der Waals surface area contributed by atoms with Crippen LogP contribution in [0.2, 0.25) is 0 Å². The Morgan fingerprint density at radius 2 is 1.76 bits per heavy atom. The zero-order chi connectivity index (χ0) is 20.9. The minimum Gasteiger partial charge on any atom is -0.338 e. The third-order valence-electron chi connectivity index (χ3n) is 6.46. The average molecular weight is 413 g/mol. The number of carbonyl (C=O) groups is 1. The predicted octanol–water partition coefficient (Wildman–Crippen LogP) is 4.27. The largest absolute Gasteiger partial charge is 0.391 e. The molecular weight excluding hydrogens is 381 g/mol. The van der Waals surface area contributed by atoms with Gasteiger partial charge >= 0.3 is 12.2 Å². The summed E-state index contributed by atoms with van der Waals surface area (Å²) in [6, 6.07) is 4.31. The van der Waals surface area contributed by atoms with Crippen LogP contribution in [0.25, 0.3) is 0 Å². The molecule has 162 valence electrons. The van der Waals surface area contributed by atoms with Crippen molar-refractivity contribution >= 4 is 6.03 Å². The Hall–Kier alpha value is -1.83. The van der Waals surface area contributed by atoms with E-state index in [1.165, 1.54) is 5.56 Å². The van der Waals surface area contributed by atoms with E-state index >= 15 is 0 Å². The Labute approximate surface area is 170 Å². The first-order valence-electron chi connectivity index (χ1n) is 10.6. The van der Waals surface area contributed by atoms with E-state index in [9.17, 15) is 18.0 Å². The van der Waals surface area contributed by atoms with E-state index in [-0.39, 0.29) is 30.8 Å². The second-order valence-corrected chi connectivity index (χ2v) is 8.38. The molecule has 1 saturated heterocycles. The molecule has 1 aromatic heterocycles. The maximum absolute atomic E-state index is 12.7. The van der Waals surface area contributed by atoms with Gasteiger partial charge in [0.15, 0.2) is 0 Å². The maximum Gasteiger partial charge on any atom is 0.391 e. The van der Waals surface area contributed by atoms with E-state index in [1.807, 2.05) is 12.1 Å². The van der Waals surface area contributed by atoms with Crippen LogP contribution in [0.1, 0.15) is 57.1 Å². The Kier molecular flexibility index (Phi) is 7.38. The molecule has 2 N–H and O–H groups in total.